The first-order valence-electron chi connectivity index (χ1n) is 8.79. The molecular weight excluding hydrogens is 366 g/mol. The average molecular weight is 391 g/mol. The smallest absolute Gasteiger partial charge is 0.305 e. The number of carboxylic acids is 1. The molecule has 28 heavy (non-hydrogen) atoms. The quantitative estimate of drug-likeness (QED) is 0.417. The molecule has 1 aromatic carbocycles. The van der Waals surface area contributed by atoms with Gasteiger partial charge < -0.3 is 25.9 Å². The molecule has 2 unspecified atom stereocenters. The maximum atomic E-state index is 12.5. The SMILES string of the molecule is CC(C)C(NC(=O)c1ccccc1)C(=O)N[C@@H](C)C(=O)NC(C=O)CC(=O)O. The highest BCUT2D eigenvalue weighted by Crippen LogP contribution is 2.06. The average Bonchev–Trinajstić information content (AvgIpc) is 2.64. The van der Waals surface area contributed by atoms with Gasteiger partial charge in [-0.25, -0.2) is 0 Å². The monoisotopic (exact) mass is 391 g/mol. The van der Waals surface area contributed by atoms with E-state index in [1.54, 1.807) is 44.2 Å². The Morgan fingerprint density at radius 3 is 2.07 bits per heavy atom. The maximum Gasteiger partial charge on any atom is 0.305 e. The second-order valence-electron chi connectivity index (χ2n) is 6.64. The van der Waals surface area contributed by atoms with Crippen molar-refractivity contribution in [2.24, 2.45) is 5.92 Å². The van der Waals surface area contributed by atoms with Crippen LogP contribution >= 0.6 is 0 Å². The Morgan fingerprint density at radius 2 is 1.57 bits per heavy atom. The molecule has 4 N–H and O–H groups in total. The summed E-state index contributed by atoms with van der Waals surface area (Å²) in [6.45, 7) is 4.89. The van der Waals surface area contributed by atoms with Crippen molar-refractivity contribution in [3.05, 3.63) is 35.9 Å². The van der Waals surface area contributed by atoms with Gasteiger partial charge in [0.05, 0.1) is 12.5 Å². The number of nitrogens with one attached hydrogen (secondary N) is 3. The number of aldehydes is 1. The Kier molecular flexibility index (Phi) is 8.80. The largest absolute Gasteiger partial charge is 0.481 e. The highest BCUT2D eigenvalue weighted by Gasteiger charge is 2.28. The van der Waals surface area contributed by atoms with E-state index in [4.69, 9.17) is 5.11 Å². The third-order valence-corrected chi connectivity index (χ3v) is 3.91. The molecule has 9 nitrogen and oxygen atoms in total. The molecule has 0 fully saturated rings. The van der Waals surface area contributed by atoms with Crippen LogP contribution in [0, 0.1) is 5.92 Å². The fraction of sp³-hybridized carbons (Fsp3) is 0.421. The van der Waals surface area contributed by atoms with E-state index in [-0.39, 0.29) is 5.92 Å². The van der Waals surface area contributed by atoms with E-state index >= 15 is 0 Å². The van der Waals surface area contributed by atoms with Gasteiger partial charge in [-0.3, -0.25) is 19.2 Å². The molecule has 9 heteroatoms. The molecule has 0 aromatic heterocycles. The van der Waals surface area contributed by atoms with E-state index in [1.165, 1.54) is 6.92 Å². The normalized spacial score (nSPS) is 13.7. The van der Waals surface area contributed by atoms with Crippen LogP contribution in [-0.4, -0.2) is 53.2 Å². The van der Waals surface area contributed by atoms with Crippen molar-refractivity contribution in [2.75, 3.05) is 0 Å². The molecule has 0 heterocycles. The first-order chi connectivity index (χ1) is 13.1. The number of aliphatic carboxylic acids is 1. The summed E-state index contributed by atoms with van der Waals surface area (Å²) in [5.74, 6) is -3.18. The van der Waals surface area contributed by atoms with Crippen LogP contribution in [0.5, 0.6) is 0 Å². The lowest BCUT2D eigenvalue weighted by atomic mass is 10.0. The van der Waals surface area contributed by atoms with Crippen molar-refractivity contribution >= 4 is 30.0 Å². The fourth-order valence-corrected chi connectivity index (χ4v) is 2.35. The van der Waals surface area contributed by atoms with E-state index in [0.29, 0.717) is 11.8 Å². The molecule has 0 saturated heterocycles. The molecule has 0 bridgehead atoms. The highest BCUT2D eigenvalue weighted by molar-refractivity contribution is 5.98. The lowest BCUT2D eigenvalue weighted by Gasteiger charge is -2.24. The van der Waals surface area contributed by atoms with Gasteiger partial charge in [0.25, 0.3) is 5.91 Å². The molecule has 1 rings (SSSR count). The summed E-state index contributed by atoms with van der Waals surface area (Å²) in [6, 6.07) is 5.29. The van der Waals surface area contributed by atoms with Crippen LogP contribution in [0.15, 0.2) is 30.3 Å². The minimum Gasteiger partial charge on any atom is -0.481 e. The van der Waals surface area contributed by atoms with Gasteiger partial charge in [-0.15, -0.1) is 0 Å². The fourth-order valence-electron chi connectivity index (χ4n) is 2.35. The number of carboxylic acid groups (broad SMARTS) is 1. The number of hydrogen-bond acceptors (Lipinski definition) is 5. The predicted molar refractivity (Wildman–Crippen MR) is 100 cm³/mol. The lowest BCUT2D eigenvalue weighted by Crippen LogP contribution is -2.55. The topological polar surface area (TPSA) is 142 Å². The maximum absolute atomic E-state index is 12.5. The zero-order valence-electron chi connectivity index (χ0n) is 16.0. The predicted octanol–water partition coefficient (Wildman–Crippen LogP) is 0.104. The van der Waals surface area contributed by atoms with E-state index in [9.17, 15) is 24.0 Å². The third-order valence-electron chi connectivity index (χ3n) is 3.91. The third kappa shape index (κ3) is 7.18. The van der Waals surface area contributed by atoms with Crippen molar-refractivity contribution < 1.29 is 29.1 Å². The highest BCUT2D eigenvalue weighted by atomic mass is 16.4. The van der Waals surface area contributed by atoms with E-state index in [1.807, 2.05) is 0 Å². The van der Waals surface area contributed by atoms with E-state index in [0.717, 1.165) is 0 Å². The first kappa shape index (κ1) is 22.8. The van der Waals surface area contributed by atoms with Crippen LogP contribution in [0.25, 0.3) is 0 Å². The van der Waals surface area contributed by atoms with E-state index in [2.05, 4.69) is 16.0 Å². The minimum absolute atomic E-state index is 0.252. The molecular formula is C19H25N3O6. The molecule has 0 spiro atoms. The second-order valence-corrected chi connectivity index (χ2v) is 6.64. The zero-order chi connectivity index (χ0) is 21.3. The summed E-state index contributed by atoms with van der Waals surface area (Å²) in [7, 11) is 0. The standard InChI is InChI=1S/C19H25N3O6/c1-11(2)16(22-18(27)13-7-5-4-6-8-13)19(28)20-12(3)17(26)21-14(10-23)9-15(24)25/h4-8,10-12,14,16H,9H2,1-3H3,(H,20,28)(H,21,26)(H,22,27)(H,24,25)/t12-,14?,16?/m0/s1. The number of hydrogen-bond donors (Lipinski definition) is 4. The Morgan fingerprint density at radius 1 is 0.964 bits per heavy atom. The molecule has 1 aromatic rings. The Balaban J connectivity index is 2.72. The lowest BCUT2D eigenvalue weighted by molar-refractivity contribution is -0.139. The number of amides is 3. The van der Waals surface area contributed by atoms with Crippen molar-refractivity contribution in [1.29, 1.82) is 0 Å². The number of benzene rings is 1. The van der Waals surface area contributed by atoms with Gasteiger partial charge in [-0.05, 0) is 25.0 Å². The molecule has 3 atom stereocenters. The van der Waals surface area contributed by atoms with Gasteiger partial charge in [-0.1, -0.05) is 32.0 Å². The summed E-state index contributed by atoms with van der Waals surface area (Å²) in [5, 5.41) is 16.1. The molecule has 0 aliphatic heterocycles. The van der Waals surface area contributed by atoms with E-state index < -0.39 is 48.2 Å². The number of rotatable bonds is 10. The van der Waals surface area contributed by atoms with Crippen molar-refractivity contribution in [1.82, 2.24) is 16.0 Å². The molecule has 0 aliphatic carbocycles. The molecule has 0 saturated carbocycles. The molecule has 3 amide bonds. The van der Waals surface area contributed by atoms with Crippen LogP contribution in [-0.2, 0) is 19.2 Å². The van der Waals surface area contributed by atoms with Crippen LogP contribution in [0.1, 0.15) is 37.6 Å². The Labute approximate surface area is 162 Å². The number of carbonyl (C=O) groups excluding carboxylic acids is 4. The van der Waals surface area contributed by atoms with Gasteiger partial charge in [0.2, 0.25) is 11.8 Å². The zero-order valence-corrected chi connectivity index (χ0v) is 16.0. The van der Waals surface area contributed by atoms with Gasteiger partial charge in [0.15, 0.2) is 0 Å². The van der Waals surface area contributed by atoms with Crippen LogP contribution in [0.3, 0.4) is 0 Å². The molecule has 0 aliphatic rings. The van der Waals surface area contributed by atoms with Crippen molar-refractivity contribution in [2.45, 2.75) is 45.3 Å². The van der Waals surface area contributed by atoms with Gasteiger partial charge in [0, 0.05) is 5.56 Å². The van der Waals surface area contributed by atoms with Gasteiger partial charge in [-0.2, -0.15) is 0 Å². The molecule has 0 radical (unpaired) electrons. The van der Waals surface area contributed by atoms with Gasteiger partial charge >= 0.3 is 5.97 Å². The Hall–Kier alpha value is -3.23. The van der Waals surface area contributed by atoms with Crippen LogP contribution < -0.4 is 16.0 Å². The minimum atomic E-state index is -1.24. The summed E-state index contributed by atoms with van der Waals surface area (Å²) >= 11 is 0. The summed E-state index contributed by atoms with van der Waals surface area (Å²) in [5.41, 5.74) is 0.397. The Bertz CT molecular complexity index is 720. The first-order valence-corrected chi connectivity index (χ1v) is 8.79. The molecule has 152 valence electrons. The summed E-state index contributed by atoms with van der Waals surface area (Å²) in [6.07, 6.45) is -0.241. The van der Waals surface area contributed by atoms with Crippen LogP contribution in [0.4, 0.5) is 0 Å². The van der Waals surface area contributed by atoms with Gasteiger partial charge in [0.1, 0.15) is 18.4 Å². The summed E-state index contributed by atoms with van der Waals surface area (Å²) in [4.78, 5) is 58.5. The van der Waals surface area contributed by atoms with Crippen molar-refractivity contribution in [3.8, 4) is 0 Å². The van der Waals surface area contributed by atoms with Crippen LogP contribution in [0.2, 0.25) is 0 Å². The number of carbonyl (C=O) groups is 5. The second kappa shape index (κ2) is 10.8. The van der Waals surface area contributed by atoms with Crippen molar-refractivity contribution in [3.63, 3.8) is 0 Å². The summed E-state index contributed by atoms with van der Waals surface area (Å²) < 4.78 is 0.